The molecule has 0 aliphatic carbocycles. The molecule has 13 rings (SSSR count). The number of anilines is 1. The number of alkyl carbamates (subject to hydrolysis) is 4. The molecule has 0 radical (unpaired) electrons. The molecule has 149 heavy (non-hydrogen) atoms. The summed E-state index contributed by atoms with van der Waals surface area (Å²) < 4.78 is 56.6. The van der Waals surface area contributed by atoms with Crippen LogP contribution in [0.3, 0.4) is 0 Å². The van der Waals surface area contributed by atoms with Crippen LogP contribution in [0.4, 0.5) is 41.9 Å². The van der Waals surface area contributed by atoms with Crippen LogP contribution in [-0.4, -0.2) is 142 Å². The highest BCUT2D eigenvalue weighted by Gasteiger charge is 2.34. The molecule has 3 aromatic heterocycles. The quantitative estimate of drug-likeness (QED) is 0.00574. The van der Waals surface area contributed by atoms with Crippen molar-refractivity contribution in [2.75, 3.05) is 10.1 Å². The predicted molar refractivity (Wildman–Crippen MR) is 577 cm³/mol. The second-order valence-electron chi connectivity index (χ2n) is 37.8. The highest BCUT2D eigenvalue weighted by atomic mass is 79.9. The van der Waals surface area contributed by atoms with E-state index in [-0.39, 0.29) is 65.7 Å². The van der Waals surface area contributed by atoms with Crippen molar-refractivity contribution < 1.29 is 85.0 Å². The zero-order chi connectivity index (χ0) is 107. The lowest BCUT2D eigenvalue weighted by Crippen LogP contribution is -2.50. The minimum absolute atomic E-state index is 0. The van der Waals surface area contributed by atoms with Gasteiger partial charge in [0.1, 0.15) is 55.6 Å². The van der Waals surface area contributed by atoms with Crippen LogP contribution in [0.25, 0.3) is 31.7 Å². The number of halogens is 1. The molecule has 7 amide bonds. The van der Waals surface area contributed by atoms with Crippen molar-refractivity contribution in [2.45, 2.75) is 193 Å². The molecule has 0 unspecified atom stereocenters. The molecule has 0 spiro atoms. The highest BCUT2D eigenvalue weighted by molar-refractivity contribution is 9.09. The maximum Gasteiger partial charge on any atom is 0.408 e. The molecule has 13 aromatic rings. The van der Waals surface area contributed by atoms with Gasteiger partial charge in [-0.05, 0) is 160 Å². The number of benzene rings is 10. The molecule has 0 fully saturated rings. The van der Waals surface area contributed by atoms with Crippen LogP contribution in [0.15, 0.2) is 295 Å². The first-order chi connectivity index (χ1) is 70.1. The van der Waals surface area contributed by atoms with E-state index >= 15 is 0 Å². The number of aromatic nitrogens is 3. The average molecular weight is 2170 g/mol. The number of rotatable bonds is 37. The van der Waals surface area contributed by atoms with E-state index in [1.54, 1.807) is 132 Å². The van der Waals surface area contributed by atoms with E-state index in [2.05, 4.69) is 53.1 Å². The predicted octanol–water partition coefficient (Wildman–Crippen LogP) is 21.1. The molecular weight excluding hydrogens is 2050 g/mol. The van der Waals surface area contributed by atoms with Crippen molar-refractivity contribution in [3.8, 4) is 31.7 Å². The van der Waals surface area contributed by atoms with E-state index in [0.717, 1.165) is 65.1 Å². The van der Waals surface area contributed by atoms with Gasteiger partial charge in [0.25, 0.3) is 17.1 Å². The van der Waals surface area contributed by atoms with E-state index < -0.39 is 132 Å². The molecule has 0 saturated heterocycles. The lowest BCUT2D eigenvalue weighted by atomic mass is 10.0. The summed E-state index contributed by atoms with van der Waals surface area (Å²) in [5.74, 6) is -1.44. The minimum Gasteiger partial charge on any atom is -0.731 e. The molecule has 36 nitrogen and oxygen atoms in total. The summed E-state index contributed by atoms with van der Waals surface area (Å²) >= 11 is 7.44. The van der Waals surface area contributed by atoms with Gasteiger partial charge in [-0.1, -0.05) is 246 Å². The number of nitro groups is 3. The average Bonchev–Trinajstić information content (AvgIpc) is 1.71. The summed E-state index contributed by atoms with van der Waals surface area (Å²) in [6.07, 6.45) is -0.838. The van der Waals surface area contributed by atoms with Gasteiger partial charge in [0.2, 0.25) is 17.7 Å². The van der Waals surface area contributed by atoms with Crippen LogP contribution >= 0.6 is 49.9 Å². The monoisotopic (exact) mass is 2170 g/mol. The second-order valence-corrected chi connectivity index (χ2v) is 42.1. The number of non-ortho nitro benzene ring substituents is 3. The molecule has 0 aliphatic rings. The second kappa shape index (κ2) is 55.4. The Kier molecular flexibility index (Phi) is 43.6. The third-order valence-corrected chi connectivity index (χ3v) is 24.9. The normalized spacial score (nSPS) is 12.6. The molecule has 0 aliphatic heterocycles. The molecule has 3 heterocycles. The van der Waals surface area contributed by atoms with Crippen LogP contribution < -0.4 is 48.1 Å². The summed E-state index contributed by atoms with van der Waals surface area (Å²) in [6.45, 7) is 20.9. The number of quaternary nitrogens is 1. The Morgan fingerprint density at radius 1 is 0.322 bits per heavy atom. The van der Waals surface area contributed by atoms with Crippen molar-refractivity contribution >= 4 is 131 Å². The minimum atomic E-state index is -4.66. The van der Waals surface area contributed by atoms with Crippen LogP contribution in [0.5, 0.6) is 0 Å². The van der Waals surface area contributed by atoms with Crippen molar-refractivity contribution in [3.63, 3.8) is 0 Å². The van der Waals surface area contributed by atoms with E-state index in [1.165, 1.54) is 82.5 Å². The number of nitrogens with one attached hydrogen (secondary N) is 8. The number of Topliss-reactive ketones (excluding diaryl/α,β-unsaturated/α-hetero) is 1. The number of thiazole rings is 3. The van der Waals surface area contributed by atoms with Crippen LogP contribution in [-0.2, 0) is 93.4 Å². The Balaban J connectivity index is 0.000000225. The summed E-state index contributed by atoms with van der Waals surface area (Å²) in [4.78, 5) is 149. The molecule has 12 N–H and O–H groups in total. The summed E-state index contributed by atoms with van der Waals surface area (Å²) in [5.41, 5.74) is 7.59. The topological polar surface area (TPSA) is 532 Å². The van der Waals surface area contributed by atoms with E-state index in [0.29, 0.717) is 41.9 Å². The van der Waals surface area contributed by atoms with E-state index in [1.807, 2.05) is 203 Å². The first-order valence-corrected chi connectivity index (χ1v) is 51.9. The lowest BCUT2D eigenvalue weighted by Gasteiger charge is -2.25. The van der Waals surface area contributed by atoms with Crippen molar-refractivity contribution in [2.24, 2.45) is 0 Å². The number of carbonyl (C=O) groups is 8. The van der Waals surface area contributed by atoms with Gasteiger partial charge in [-0.2, -0.15) is 0 Å². The third-order valence-electron chi connectivity index (χ3n) is 21.1. The summed E-state index contributed by atoms with van der Waals surface area (Å²) in [6, 6.07) is 76.5. The van der Waals surface area contributed by atoms with Crippen molar-refractivity contribution in [3.05, 3.63) is 382 Å². The molecular formula is C108H120BrN15O21S4. The fourth-order valence-electron chi connectivity index (χ4n) is 14.4. The number of alkyl halides is 1. The SMILES string of the molecule is CC(C)(C)OC(=O)N[C@@H](Cc1ccc([N+](=O)[O-])cc1)C(=O)CBr.CC(C)(C)OC(=O)N[C@@H](Cc1ccccc1)C(=O)N[C@@H](Cc1ccc(NS(=O)(=O)[O-])cc1)c1csc(-c2ccccc2)n1.CC(C)(C)OC(=O)N[C@@H](Cc1ccccc1)C(=O)N[C@@H](Cc1ccc([N+](=O)[O-])cc1)c1csc(-c2ccccc2)n1.CC(C)(C)OC(=O)N[C@@H](Cc1ccccc1)C(=O)N[C@@H](Cc1ccc([N+](=O)[O-])cc1)c1csc(-c2ccccc2)n1.[NH4+]. The molecule has 784 valence electrons. The molecule has 0 saturated carbocycles. The van der Waals surface area contributed by atoms with Gasteiger partial charge in [0, 0.05) is 94.2 Å². The Hall–Kier alpha value is -15.4. The maximum absolute atomic E-state index is 13.8. The fraction of sp³-hybridized carbons (Fsp3) is 0.287. The zero-order valence-corrected chi connectivity index (χ0v) is 89.1. The lowest BCUT2D eigenvalue weighted by molar-refractivity contribution is -0.385. The van der Waals surface area contributed by atoms with Gasteiger partial charge in [-0.15, -0.1) is 34.0 Å². The number of amides is 7. The summed E-state index contributed by atoms with van der Waals surface area (Å²) in [7, 11) is -4.66. The first kappa shape index (κ1) is 117. The Morgan fingerprint density at radius 3 is 0.765 bits per heavy atom. The zero-order valence-electron chi connectivity index (χ0n) is 84.3. The van der Waals surface area contributed by atoms with E-state index in [9.17, 15) is 81.7 Å². The van der Waals surface area contributed by atoms with Crippen LogP contribution in [0, 0.1) is 30.3 Å². The standard InChI is InChI=1S/C31H34N4O6S2.2C31H32N4O5S.C15H19BrN2O5.H3N/c1-31(2,3)41-30(37)34-26(19-21-10-6-4-7-11-21)28(36)32-25(18-22-14-16-24(17-15-22)35-43(38,39)40)27-20-42-29(33-27)23-12-8-5-9-13-23;2*1-31(2,3)40-30(37)34-26(19-21-10-6-4-7-11-21)28(36)32-25(18-22-14-16-24(17-15-22)35(38)39)27-20-41-29(33-27)23-12-8-5-9-13-23;1-15(2,3)23-14(20)17-12(13(19)9-16)8-10-4-6-11(7-5-10)18(21)22;/h4-17,20,25-26,35H,18-19H2,1-3H3,(H,32,36)(H,34,37)(H,38,39,40);2*4-17,20,25-26H,18-19H2,1-3H3,(H,32,36)(H,34,37);4-7,12H,8-9H2,1-3H3,(H,17,20);1H3/t3*25-,26-;12-;/m0000./s1. The number of carbonyl (C=O) groups excluding carboxylic acids is 8. The Bertz CT molecular complexity index is 6480. The third kappa shape index (κ3) is 41.1. The Morgan fingerprint density at radius 2 is 0.537 bits per heavy atom. The highest BCUT2D eigenvalue weighted by Crippen LogP contribution is 2.34. The number of ketones is 1. The van der Waals surface area contributed by atoms with Gasteiger partial charge in [0.15, 0.2) is 16.1 Å². The van der Waals surface area contributed by atoms with Crippen molar-refractivity contribution in [1.29, 1.82) is 0 Å². The maximum atomic E-state index is 13.8. The number of ether oxygens (including phenoxy) is 4. The van der Waals surface area contributed by atoms with Gasteiger partial charge < -0.3 is 66.9 Å². The molecule has 7 atom stereocenters. The van der Waals surface area contributed by atoms with Gasteiger partial charge >= 0.3 is 24.4 Å². The largest absolute Gasteiger partial charge is 0.731 e. The van der Waals surface area contributed by atoms with Crippen LogP contribution in [0.1, 0.15) is 157 Å². The molecule has 0 bridgehead atoms. The number of nitrogens with zero attached hydrogens (tertiary/aromatic N) is 6. The number of hydrogen-bond donors (Lipinski definition) is 9. The van der Waals surface area contributed by atoms with Crippen molar-refractivity contribution in [1.82, 2.24) is 58.3 Å². The fourth-order valence-corrected chi connectivity index (χ4v) is 17.8. The number of nitro benzene ring substituents is 3. The van der Waals surface area contributed by atoms with Gasteiger partial charge in [-0.25, -0.2) is 42.5 Å². The van der Waals surface area contributed by atoms with Gasteiger partial charge in [-0.3, -0.25) is 54.2 Å². The first-order valence-electron chi connectivity index (χ1n) is 46.8. The van der Waals surface area contributed by atoms with Crippen LogP contribution in [0.2, 0.25) is 0 Å². The Labute approximate surface area is 884 Å². The molecule has 41 heteroatoms. The van der Waals surface area contributed by atoms with E-state index in [4.69, 9.17) is 33.9 Å². The smallest absolute Gasteiger partial charge is 0.408 e. The number of hydrogen-bond acceptors (Lipinski definition) is 27. The molecule has 10 aromatic carbocycles. The van der Waals surface area contributed by atoms with Gasteiger partial charge in [0.05, 0.1) is 61.3 Å². The summed E-state index contributed by atoms with van der Waals surface area (Å²) in [5, 5.41) is 61.0.